The third-order valence-electron chi connectivity index (χ3n) is 3.43. The molecule has 0 amide bonds. The number of nitrogens with zero attached hydrogens (tertiary/aromatic N) is 2. The molecule has 0 aliphatic carbocycles. The highest BCUT2D eigenvalue weighted by atomic mass is 32.2. The highest BCUT2D eigenvalue weighted by Gasteiger charge is 2.29. The maximum Gasteiger partial charge on any atom is 0.248 e. The average molecular weight is 320 g/mol. The Morgan fingerprint density at radius 1 is 0.952 bits per heavy atom. The molecule has 21 heavy (non-hydrogen) atoms. The smallest absolute Gasteiger partial charge is 0.248 e. The van der Waals surface area contributed by atoms with Gasteiger partial charge in [-0.25, -0.2) is 17.2 Å². The van der Waals surface area contributed by atoms with Crippen LogP contribution in [0.3, 0.4) is 0 Å². The predicted molar refractivity (Wildman–Crippen MR) is 78.6 cm³/mol. The Morgan fingerprint density at radius 3 is 1.90 bits per heavy atom. The monoisotopic (exact) mass is 320 g/mol. The van der Waals surface area contributed by atoms with E-state index in [0.717, 1.165) is 35.6 Å². The van der Waals surface area contributed by atoms with Crippen LogP contribution in [0, 0.1) is 11.6 Å². The van der Waals surface area contributed by atoms with E-state index in [-0.39, 0.29) is 13.1 Å². The molecule has 0 aliphatic heterocycles. The molecule has 1 rings (SSSR count). The minimum Gasteiger partial charge on any atom is -0.303 e. The van der Waals surface area contributed by atoms with E-state index in [1.54, 1.807) is 6.92 Å². The van der Waals surface area contributed by atoms with E-state index >= 15 is 0 Å². The summed E-state index contributed by atoms with van der Waals surface area (Å²) in [4.78, 5) is 1.18. The van der Waals surface area contributed by atoms with Crippen molar-refractivity contribution in [3.05, 3.63) is 29.8 Å². The topological polar surface area (TPSA) is 40.6 Å². The zero-order valence-corrected chi connectivity index (χ0v) is 13.5. The van der Waals surface area contributed by atoms with Gasteiger partial charge in [-0.2, -0.15) is 4.31 Å². The van der Waals surface area contributed by atoms with Crippen molar-refractivity contribution >= 4 is 10.0 Å². The molecule has 0 bridgehead atoms. The molecule has 120 valence electrons. The summed E-state index contributed by atoms with van der Waals surface area (Å²) in [5, 5.41) is 0. The van der Waals surface area contributed by atoms with Crippen molar-refractivity contribution in [3.8, 4) is 0 Å². The lowest BCUT2D eigenvalue weighted by Gasteiger charge is -2.25. The van der Waals surface area contributed by atoms with E-state index in [9.17, 15) is 17.2 Å². The van der Waals surface area contributed by atoms with E-state index in [1.165, 1.54) is 0 Å². The molecular formula is C14H22F2N2O2S. The summed E-state index contributed by atoms with van der Waals surface area (Å²) in [6.45, 7) is 8.08. The Bertz CT molecular complexity index is 540. The lowest BCUT2D eigenvalue weighted by molar-refractivity contribution is 0.273. The van der Waals surface area contributed by atoms with Gasteiger partial charge in [-0.15, -0.1) is 0 Å². The van der Waals surface area contributed by atoms with Gasteiger partial charge >= 0.3 is 0 Å². The van der Waals surface area contributed by atoms with Crippen LogP contribution in [0.5, 0.6) is 0 Å². The fraction of sp³-hybridized carbons (Fsp3) is 0.571. The molecule has 0 aliphatic rings. The second-order valence-corrected chi connectivity index (χ2v) is 6.45. The number of rotatable bonds is 8. The van der Waals surface area contributed by atoms with E-state index < -0.39 is 26.6 Å². The predicted octanol–water partition coefficient (Wildman–Crippen LogP) is 2.32. The molecule has 1 aromatic rings. The van der Waals surface area contributed by atoms with Gasteiger partial charge in [-0.1, -0.05) is 26.8 Å². The lowest BCUT2D eigenvalue weighted by Crippen LogP contribution is -2.39. The molecule has 0 radical (unpaired) electrons. The third kappa shape index (κ3) is 4.21. The summed E-state index contributed by atoms with van der Waals surface area (Å²) in [6, 6.07) is 3.05. The maximum atomic E-state index is 13.7. The zero-order valence-electron chi connectivity index (χ0n) is 12.6. The van der Waals surface area contributed by atoms with Crippen LogP contribution >= 0.6 is 0 Å². The van der Waals surface area contributed by atoms with Gasteiger partial charge < -0.3 is 4.90 Å². The summed E-state index contributed by atoms with van der Waals surface area (Å²) in [5.41, 5.74) is 0. The summed E-state index contributed by atoms with van der Waals surface area (Å²) in [6.07, 6.45) is 0. The van der Waals surface area contributed by atoms with Crippen LogP contribution in [0.25, 0.3) is 0 Å². The average Bonchev–Trinajstić information content (AvgIpc) is 2.43. The highest BCUT2D eigenvalue weighted by molar-refractivity contribution is 7.89. The highest BCUT2D eigenvalue weighted by Crippen LogP contribution is 2.22. The fourth-order valence-electron chi connectivity index (χ4n) is 2.10. The van der Waals surface area contributed by atoms with Crippen LogP contribution in [0.1, 0.15) is 20.8 Å². The van der Waals surface area contributed by atoms with E-state index in [1.807, 2.05) is 13.8 Å². The van der Waals surface area contributed by atoms with Crippen LogP contribution < -0.4 is 0 Å². The molecule has 0 fully saturated rings. The van der Waals surface area contributed by atoms with Crippen LogP contribution in [0.15, 0.2) is 23.1 Å². The molecule has 0 unspecified atom stereocenters. The number of benzene rings is 1. The molecule has 4 nitrogen and oxygen atoms in total. The fourth-order valence-corrected chi connectivity index (χ4v) is 3.65. The number of hydrogen-bond donors (Lipinski definition) is 0. The van der Waals surface area contributed by atoms with E-state index in [2.05, 4.69) is 4.90 Å². The molecule has 0 N–H and O–H groups in total. The first kappa shape index (κ1) is 18.0. The minimum absolute atomic E-state index is 0.164. The van der Waals surface area contributed by atoms with Crippen LogP contribution in [-0.2, 0) is 10.0 Å². The van der Waals surface area contributed by atoms with Gasteiger partial charge in [-0.05, 0) is 25.2 Å². The van der Waals surface area contributed by atoms with Crippen molar-refractivity contribution in [1.29, 1.82) is 0 Å². The van der Waals surface area contributed by atoms with Crippen molar-refractivity contribution < 1.29 is 17.2 Å². The molecule has 7 heteroatoms. The summed E-state index contributed by atoms with van der Waals surface area (Å²) in [7, 11) is -4.17. The lowest BCUT2D eigenvalue weighted by atomic mass is 10.3. The number of likely N-dealkylation sites (N-methyl/N-ethyl adjacent to an activating group) is 2. The Balaban J connectivity index is 3.03. The summed E-state index contributed by atoms with van der Waals surface area (Å²) in [5.74, 6) is -2.12. The van der Waals surface area contributed by atoms with E-state index in [4.69, 9.17) is 0 Å². The van der Waals surface area contributed by atoms with E-state index in [0.29, 0.717) is 6.54 Å². The SMILES string of the molecule is CCN(CC)CCN(CC)S(=O)(=O)c1c(F)cccc1F. The van der Waals surface area contributed by atoms with Gasteiger partial charge in [0.05, 0.1) is 0 Å². The van der Waals surface area contributed by atoms with Gasteiger partial charge in [0.2, 0.25) is 10.0 Å². The molecule has 0 heterocycles. The van der Waals surface area contributed by atoms with Gasteiger partial charge in [-0.3, -0.25) is 0 Å². The Morgan fingerprint density at radius 2 is 1.48 bits per heavy atom. The zero-order chi connectivity index (χ0) is 16.0. The summed E-state index contributed by atoms with van der Waals surface area (Å²) >= 11 is 0. The maximum absolute atomic E-state index is 13.7. The molecule has 1 aromatic carbocycles. The van der Waals surface area contributed by atoms with Gasteiger partial charge in [0.15, 0.2) is 4.90 Å². The summed E-state index contributed by atoms with van der Waals surface area (Å²) < 4.78 is 53.4. The first-order chi connectivity index (χ1) is 9.88. The molecule has 0 spiro atoms. The molecular weight excluding hydrogens is 298 g/mol. The standard InChI is InChI=1S/C14H22F2N2O2S/c1-4-17(5-2)10-11-18(6-3)21(19,20)14-12(15)8-7-9-13(14)16/h7-9H,4-6,10-11H2,1-3H3. The van der Waals surface area contributed by atoms with Crippen LogP contribution in [-0.4, -0.2) is 50.3 Å². The molecule has 0 aromatic heterocycles. The van der Waals surface area contributed by atoms with Gasteiger partial charge in [0, 0.05) is 19.6 Å². The Kier molecular flexibility index (Phi) is 6.70. The van der Waals surface area contributed by atoms with Crippen molar-refractivity contribution in [2.75, 3.05) is 32.7 Å². The van der Waals surface area contributed by atoms with Crippen molar-refractivity contribution in [2.45, 2.75) is 25.7 Å². The van der Waals surface area contributed by atoms with Crippen LogP contribution in [0.4, 0.5) is 8.78 Å². The van der Waals surface area contributed by atoms with Gasteiger partial charge in [0.1, 0.15) is 11.6 Å². The normalized spacial score (nSPS) is 12.3. The van der Waals surface area contributed by atoms with Gasteiger partial charge in [0.25, 0.3) is 0 Å². The number of halogens is 2. The Hall–Kier alpha value is -1.05. The van der Waals surface area contributed by atoms with Crippen molar-refractivity contribution in [2.24, 2.45) is 0 Å². The second-order valence-electron chi connectivity index (χ2n) is 4.57. The number of sulfonamides is 1. The van der Waals surface area contributed by atoms with Crippen molar-refractivity contribution in [1.82, 2.24) is 9.21 Å². The Labute approximate surface area is 125 Å². The number of hydrogen-bond acceptors (Lipinski definition) is 3. The van der Waals surface area contributed by atoms with Crippen LogP contribution in [0.2, 0.25) is 0 Å². The first-order valence-corrected chi connectivity index (χ1v) is 8.48. The third-order valence-corrected chi connectivity index (χ3v) is 5.46. The molecule has 0 saturated heterocycles. The first-order valence-electron chi connectivity index (χ1n) is 7.04. The molecule has 0 saturated carbocycles. The van der Waals surface area contributed by atoms with Crippen molar-refractivity contribution in [3.63, 3.8) is 0 Å². The quantitative estimate of drug-likeness (QED) is 0.738. The largest absolute Gasteiger partial charge is 0.303 e. The molecule has 0 atom stereocenters. The second kappa shape index (κ2) is 7.82. The minimum atomic E-state index is -4.17.